The van der Waals surface area contributed by atoms with E-state index in [1.165, 1.54) is 5.56 Å². The summed E-state index contributed by atoms with van der Waals surface area (Å²) in [6.45, 7) is 5.30. The van der Waals surface area contributed by atoms with E-state index in [0.29, 0.717) is 28.7 Å². The van der Waals surface area contributed by atoms with E-state index in [1.807, 2.05) is 12.1 Å². The van der Waals surface area contributed by atoms with E-state index in [0.717, 1.165) is 37.5 Å². The summed E-state index contributed by atoms with van der Waals surface area (Å²) in [6.07, 6.45) is 10.3. The monoisotopic (exact) mass is 442 g/mol. The lowest BCUT2D eigenvalue weighted by Gasteiger charge is -2.44. The minimum absolute atomic E-state index is 0.0809. The second-order valence-electron chi connectivity index (χ2n) is 8.32. The molecule has 5 heteroatoms. The Balaban J connectivity index is 1.48. The topological polar surface area (TPSA) is 25.4 Å². The molecule has 1 unspecified atom stereocenters. The average molecular weight is 443 g/mol. The molecule has 2 heterocycles. The van der Waals surface area contributed by atoms with Crippen molar-refractivity contribution in [2.45, 2.75) is 32.4 Å². The normalized spacial score (nSPS) is 25.6. The summed E-state index contributed by atoms with van der Waals surface area (Å²) in [5.74, 6) is 2.07. The third-order valence-corrected chi connectivity index (χ3v) is 6.80. The molecule has 0 amide bonds. The first-order valence-corrected chi connectivity index (χ1v) is 11.4. The van der Waals surface area contributed by atoms with Crippen LogP contribution in [0.3, 0.4) is 0 Å². The lowest BCUT2D eigenvalue weighted by molar-refractivity contribution is 0.0180. The molecule has 0 bridgehead atoms. The van der Waals surface area contributed by atoms with Gasteiger partial charge < -0.3 is 4.74 Å². The Morgan fingerprint density at radius 1 is 1.17 bits per heavy atom. The maximum atomic E-state index is 6.25. The number of rotatable bonds is 6. The minimum Gasteiger partial charge on any atom is -0.474 e. The van der Waals surface area contributed by atoms with Gasteiger partial charge in [-0.05, 0) is 55.9 Å². The number of benzene rings is 1. The minimum atomic E-state index is 0.0809. The number of hydrogen-bond donors (Lipinski definition) is 0. The van der Waals surface area contributed by atoms with Gasteiger partial charge >= 0.3 is 0 Å². The number of likely N-dealkylation sites (tertiary alicyclic amines) is 1. The van der Waals surface area contributed by atoms with E-state index >= 15 is 0 Å². The van der Waals surface area contributed by atoms with E-state index in [2.05, 4.69) is 65.4 Å². The molecule has 1 fully saturated rings. The van der Waals surface area contributed by atoms with Crippen LogP contribution < -0.4 is 4.74 Å². The molecule has 0 spiro atoms. The first kappa shape index (κ1) is 21.4. The Hall–Kier alpha value is -1.81. The molecule has 0 N–H and O–H groups in total. The summed E-state index contributed by atoms with van der Waals surface area (Å²) in [5.41, 5.74) is 1.37. The van der Waals surface area contributed by atoms with Crippen molar-refractivity contribution in [1.82, 2.24) is 9.88 Å². The van der Waals surface area contributed by atoms with Crippen molar-refractivity contribution >= 4 is 23.2 Å². The summed E-state index contributed by atoms with van der Waals surface area (Å²) in [5, 5.41) is 1.47. The summed E-state index contributed by atoms with van der Waals surface area (Å²) < 4.78 is 6.25. The number of piperidine rings is 1. The third-order valence-electron chi connectivity index (χ3n) is 6.29. The van der Waals surface area contributed by atoms with Gasteiger partial charge in [0.1, 0.15) is 6.10 Å². The summed E-state index contributed by atoms with van der Waals surface area (Å²) in [4.78, 5) is 6.91. The van der Waals surface area contributed by atoms with Gasteiger partial charge in [-0.2, -0.15) is 0 Å². The molecule has 0 radical (unpaired) electrons. The van der Waals surface area contributed by atoms with Crippen LogP contribution in [-0.4, -0.2) is 29.1 Å². The standard InChI is InChI=1S/C25H28Cl2N2O/c1-18(30-25-12-11-22(27)15-28-25)23-13-14-29(16-19-5-3-2-4-6-19)17-24(23)20-7-9-21(26)10-8-20/h2-7,9-12,15,18,20,23-24H,8,13-14,16-17H2,1H3/t18-,20?,23-,24-/m1/s1. The Morgan fingerprint density at radius 3 is 2.70 bits per heavy atom. The average Bonchev–Trinajstić information content (AvgIpc) is 2.76. The maximum Gasteiger partial charge on any atom is 0.213 e. The first-order chi connectivity index (χ1) is 14.6. The molecule has 2 aliphatic rings. The highest BCUT2D eigenvalue weighted by Crippen LogP contribution is 2.38. The molecule has 1 aromatic carbocycles. The van der Waals surface area contributed by atoms with E-state index in [1.54, 1.807) is 6.20 Å². The molecule has 158 valence electrons. The van der Waals surface area contributed by atoms with E-state index in [9.17, 15) is 0 Å². The highest BCUT2D eigenvalue weighted by Gasteiger charge is 2.38. The highest BCUT2D eigenvalue weighted by atomic mass is 35.5. The molecule has 4 atom stereocenters. The lowest BCUT2D eigenvalue weighted by atomic mass is 9.72. The molecule has 0 saturated carbocycles. The fourth-order valence-corrected chi connectivity index (χ4v) is 5.00. The van der Waals surface area contributed by atoms with Crippen molar-refractivity contribution in [1.29, 1.82) is 0 Å². The lowest BCUT2D eigenvalue weighted by Crippen LogP contribution is -2.47. The van der Waals surface area contributed by atoms with Crippen molar-refractivity contribution < 1.29 is 4.74 Å². The quantitative estimate of drug-likeness (QED) is 0.521. The van der Waals surface area contributed by atoms with Gasteiger partial charge in [-0.1, -0.05) is 65.7 Å². The SMILES string of the molecule is C[C@@H](Oc1ccc(Cl)cn1)[C@H]1CCN(Cc2ccccc2)C[C@@H]1C1C=CC(Cl)=CC1. The van der Waals surface area contributed by atoms with Crippen molar-refractivity contribution in [3.8, 4) is 5.88 Å². The van der Waals surface area contributed by atoms with Crippen LogP contribution in [0.5, 0.6) is 5.88 Å². The van der Waals surface area contributed by atoms with Gasteiger partial charge in [0.2, 0.25) is 5.88 Å². The van der Waals surface area contributed by atoms with Crippen molar-refractivity contribution in [2.24, 2.45) is 17.8 Å². The van der Waals surface area contributed by atoms with Crippen LogP contribution in [0.15, 0.2) is 71.9 Å². The largest absolute Gasteiger partial charge is 0.474 e. The number of nitrogens with zero attached hydrogens (tertiary/aromatic N) is 2. The van der Waals surface area contributed by atoms with Gasteiger partial charge in [0.05, 0.1) is 5.02 Å². The molecule has 30 heavy (non-hydrogen) atoms. The maximum absolute atomic E-state index is 6.25. The second kappa shape index (κ2) is 10.00. The second-order valence-corrected chi connectivity index (χ2v) is 9.20. The fourth-order valence-electron chi connectivity index (χ4n) is 4.73. The number of hydrogen-bond acceptors (Lipinski definition) is 3. The molecule has 1 aliphatic heterocycles. The Morgan fingerprint density at radius 2 is 2.00 bits per heavy atom. The van der Waals surface area contributed by atoms with Gasteiger partial charge in [-0.15, -0.1) is 0 Å². The number of halogens is 2. The van der Waals surface area contributed by atoms with Crippen LogP contribution in [0.25, 0.3) is 0 Å². The number of allylic oxidation sites excluding steroid dienone is 4. The van der Waals surface area contributed by atoms with Gasteiger partial charge in [-0.25, -0.2) is 4.98 Å². The van der Waals surface area contributed by atoms with Crippen LogP contribution in [0.1, 0.15) is 25.3 Å². The van der Waals surface area contributed by atoms with Crippen LogP contribution in [-0.2, 0) is 6.54 Å². The molecule has 1 aliphatic carbocycles. The zero-order valence-corrected chi connectivity index (χ0v) is 18.8. The number of ether oxygens (including phenoxy) is 1. The summed E-state index contributed by atoms with van der Waals surface area (Å²) >= 11 is 12.2. The predicted octanol–water partition coefficient (Wildman–Crippen LogP) is 6.34. The number of pyridine rings is 1. The molecule has 1 aromatic heterocycles. The van der Waals surface area contributed by atoms with Crippen molar-refractivity contribution in [2.75, 3.05) is 13.1 Å². The Labute approximate surface area is 189 Å². The van der Waals surface area contributed by atoms with E-state index in [4.69, 9.17) is 27.9 Å². The Kier molecular flexibility index (Phi) is 7.14. The zero-order chi connectivity index (χ0) is 20.9. The molecular weight excluding hydrogens is 415 g/mol. The van der Waals surface area contributed by atoms with Crippen LogP contribution >= 0.6 is 23.2 Å². The summed E-state index contributed by atoms with van der Waals surface area (Å²) in [6, 6.07) is 14.4. The van der Waals surface area contributed by atoms with Crippen molar-refractivity contribution in [3.05, 3.63) is 82.5 Å². The van der Waals surface area contributed by atoms with Crippen molar-refractivity contribution in [3.63, 3.8) is 0 Å². The summed E-state index contributed by atoms with van der Waals surface area (Å²) in [7, 11) is 0. The fraction of sp³-hybridized carbons (Fsp3) is 0.400. The van der Waals surface area contributed by atoms with Gasteiger partial charge in [0, 0.05) is 36.3 Å². The molecule has 3 nitrogen and oxygen atoms in total. The Bertz CT molecular complexity index is 882. The highest BCUT2D eigenvalue weighted by molar-refractivity contribution is 6.31. The molecule has 1 saturated heterocycles. The van der Waals surface area contributed by atoms with E-state index in [-0.39, 0.29) is 6.10 Å². The van der Waals surface area contributed by atoms with Gasteiger partial charge in [0.15, 0.2) is 0 Å². The smallest absolute Gasteiger partial charge is 0.213 e. The number of aromatic nitrogens is 1. The van der Waals surface area contributed by atoms with E-state index < -0.39 is 0 Å². The molecular formula is C25H28Cl2N2O. The third kappa shape index (κ3) is 5.46. The van der Waals surface area contributed by atoms with Crippen LogP contribution in [0, 0.1) is 17.8 Å². The van der Waals surface area contributed by atoms with Crippen LogP contribution in [0.2, 0.25) is 5.02 Å². The zero-order valence-electron chi connectivity index (χ0n) is 17.3. The predicted molar refractivity (Wildman–Crippen MR) is 124 cm³/mol. The molecule has 4 rings (SSSR count). The van der Waals surface area contributed by atoms with Gasteiger partial charge in [-0.3, -0.25) is 4.90 Å². The van der Waals surface area contributed by atoms with Crippen LogP contribution in [0.4, 0.5) is 0 Å². The molecule has 2 aromatic rings. The first-order valence-electron chi connectivity index (χ1n) is 10.7. The van der Waals surface area contributed by atoms with Gasteiger partial charge in [0.25, 0.3) is 0 Å².